The van der Waals surface area contributed by atoms with Gasteiger partial charge in [0, 0.05) is 23.3 Å². The fraction of sp³-hybridized carbons (Fsp3) is 0.214. The van der Waals surface area contributed by atoms with Gasteiger partial charge in [0.2, 0.25) is 0 Å². The van der Waals surface area contributed by atoms with E-state index in [1.54, 1.807) is 23.5 Å². The van der Waals surface area contributed by atoms with Crippen LogP contribution in [0.15, 0.2) is 29.8 Å². The summed E-state index contributed by atoms with van der Waals surface area (Å²) in [5.74, 6) is -0.125. The molecule has 0 aliphatic rings. The number of nitrogens with one attached hydrogen (secondary N) is 1. The van der Waals surface area contributed by atoms with Crippen LogP contribution in [0.4, 0.5) is 10.1 Å². The lowest BCUT2D eigenvalue weighted by Gasteiger charge is -2.09. The Morgan fingerprint density at radius 1 is 1.45 bits per heavy atom. The summed E-state index contributed by atoms with van der Waals surface area (Å²) >= 11 is 1.61. The average Bonchev–Trinajstić information content (AvgIpc) is 2.99. The molecule has 0 fully saturated rings. The Morgan fingerprint density at radius 2 is 2.30 bits per heavy atom. The largest absolute Gasteiger partial charge is 0.494 e. The van der Waals surface area contributed by atoms with E-state index in [1.807, 2.05) is 18.5 Å². The highest BCUT2D eigenvalue weighted by Crippen LogP contribution is 2.23. The number of aryl methyl sites for hydroxylation is 1. The number of anilines is 1. The van der Waals surface area contributed by atoms with Gasteiger partial charge in [0.05, 0.1) is 25.0 Å². The van der Waals surface area contributed by atoms with Crippen LogP contribution in [-0.2, 0) is 6.54 Å². The van der Waals surface area contributed by atoms with Crippen LogP contribution < -0.4 is 10.1 Å². The Morgan fingerprint density at radius 3 is 3.10 bits per heavy atom. The second-order valence-electron chi connectivity index (χ2n) is 4.40. The fourth-order valence-electron chi connectivity index (χ4n) is 2.11. The van der Waals surface area contributed by atoms with E-state index < -0.39 is 0 Å². The zero-order valence-electron chi connectivity index (χ0n) is 11.2. The van der Waals surface area contributed by atoms with Gasteiger partial charge in [-0.15, -0.1) is 11.3 Å². The molecule has 0 atom stereocenters. The maximum Gasteiger partial charge on any atom is 0.194 e. The highest BCUT2D eigenvalue weighted by molar-refractivity contribution is 7.15. The quantitative estimate of drug-likeness (QED) is 0.800. The maximum absolute atomic E-state index is 13.3. The number of fused-ring (bicyclic) bond motifs is 1. The van der Waals surface area contributed by atoms with Crippen molar-refractivity contribution < 1.29 is 9.13 Å². The van der Waals surface area contributed by atoms with Gasteiger partial charge in [0.25, 0.3) is 0 Å². The van der Waals surface area contributed by atoms with Crippen LogP contribution in [0, 0.1) is 12.7 Å². The van der Waals surface area contributed by atoms with E-state index in [0.29, 0.717) is 6.54 Å². The molecule has 0 aliphatic carbocycles. The number of methoxy groups -OCH3 is 1. The summed E-state index contributed by atoms with van der Waals surface area (Å²) in [6.45, 7) is 2.61. The van der Waals surface area contributed by atoms with Crippen molar-refractivity contribution in [3.63, 3.8) is 0 Å². The molecule has 0 bridgehead atoms. The number of thiazole rings is 1. The molecule has 0 unspecified atom stereocenters. The van der Waals surface area contributed by atoms with E-state index in [1.165, 1.54) is 13.2 Å². The Kier molecular flexibility index (Phi) is 3.31. The van der Waals surface area contributed by atoms with Crippen molar-refractivity contribution in [3.05, 3.63) is 47.0 Å². The number of ether oxygens (including phenoxy) is 1. The number of aromatic nitrogens is 2. The summed E-state index contributed by atoms with van der Waals surface area (Å²) in [6, 6.07) is 4.74. The van der Waals surface area contributed by atoms with E-state index in [0.717, 1.165) is 22.0 Å². The van der Waals surface area contributed by atoms with Gasteiger partial charge >= 0.3 is 0 Å². The lowest BCUT2D eigenvalue weighted by molar-refractivity contribution is 0.387. The van der Waals surface area contributed by atoms with Crippen molar-refractivity contribution in [2.24, 2.45) is 0 Å². The number of rotatable bonds is 4. The number of hydrogen-bond donors (Lipinski definition) is 1. The monoisotopic (exact) mass is 291 g/mol. The molecule has 3 rings (SSSR count). The highest BCUT2D eigenvalue weighted by Gasteiger charge is 2.10. The molecule has 2 heterocycles. The van der Waals surface area contributed by atoms with Gasteiger partial charge in [-0.05, 0) is 19.1 Å². The molecule has 6 heteroatoms. The van der Waals surface area contributed by atoms with Crippen molar-refractivity contribution in [2.45, 2.75) is 13.5 Å². The molecule has 0 saturated heterocycles. The Balaban J connectivity index is 1.82. The van der Waals surface area contributed by atoms with Gasteiger partial charge in [-0.1, -0.05) is 0 Å². The Hall–Kier alpha value is -2.08. The summed E-state index contributed by atoms with van der Waals surface area (Å²) in [4.78, 5) is 5.47. The van der Waals surface area contributed by atoms with Crippen LogP contribution in [0.2, 0.25) is 0 Å². The SMILES string of the molecule is COc1cc(NCc2c(C)nc3sccn23)ccc1F. The van der Waals surface area contributed by atoms with Crippen LogP contribution in [0.5, 0.6) is 5.75 Å². The predicted molar refractivity (Wildman–Crippen MR) is 78.1 cm³/mol. The molecular formula is C14H14FN3OS. The zero-order chi connectivity index (χ0) is 14.1. The molecule has 0 aliphatic heterocycles. The first-order chi connectivity index (χ1) is 9.69. The lowest BCUT2D eigenvalue weighted by atomic mass is 10.2. The molecule has 3 aromatic rings. The first-order valence-corrected chi connectivity index (χ1v) is 7.05. The topological polar surface area (TPSA) is 38.6 Å². The van der Waals surface area contributed by atoms with Gasteiger partial charge in [0.1, 0.15) is 0 Å². The molecule has 4 nitrogen and oxygen atoms in total. The smallest absolute Gasteiger partial charge is 0.194 e. The van der Waals surface area contributed by atoms with E-state index >= 15 is 0 Å². The normalized spacial score (nSPS) is 10.9. The molecule has 2 aromatic heterocycles. The molecule has 20 heavy (non-hydrogen) atoms. The minimum Gasteiger partial charge on any atom is -0.494 e. The first-order valence-electron chi connectivity index (χ1n) is 6.17. The molecule has 0 radical (unpaired) electrons. The third kappa shape index (κ3) is 2.22. The Bertz CT molecular complexity index is 750. The van der Waals surface area contributed by atoms with Crippen LogP contribution in [0.25, 0.3) is 4.96 Å². The summed E-state index contributed by atoms with van der Waals surface area (Å²) in [7, 11) is 1.46. The molecule has 1 N–H and O–H groups in total. The maximum atomic E-state index is 13.3. The van der Waals surface area contributed by atoms with Crippen LogP contribution >= 0.6 is 11.3 Å². The molecule has 0 amide bonds. The van der Waals surface area contributed by atoms with Gasteiger partial charge in [-0.3, -0.25) is 4.40 Å². The van der Waals surface area contributed by atoms with E-state index in [2.05, 4.69) is 14.7 Å². The highest BCUT2D eigenvalue weighted by atomic mass is 32.1. The molecule has 104 valence electrons. The third-order valence-electron chi connectivity index (χ3n) is 3.17. The number of nitrogens with zero attached hydrogens (tertiary/aromatic N) is 2. The van der Waals surface area contributed by atoms with Crippen molar-refractivity contribution >= 4 is 22.0 Å². The molecule has 0 spiro atoms. The molecule has 1 aromatic carbocycles. The number of halogens is 1. The second-order valence-corrected chi connectivity index (χ2v) is 5.28. The van der Waals surface area contributed by atoms with E-state index in [9.17, 15) is 4.39 Å². The summed E-state index contributed by atoms with van der Waals surface area (Å²) in [5, 5.41) is 5.28. The van der Waals surface area contributed by atoms with Crippen LogP contribution in [0.3, 0.4) is 0 Å². The van der Waals surface area contributed by atoms with Gasteiger partial charge < -0.3 is 10.1 Å². The fourth-order valence-corrected chi connectivity index (χ4v) is 2.89. The van der Waals surface area contributed by atoms with Crippen LogP contribution in [-0.4, -0.2) is 16.5 Å². The van der Waals surface area contributed by atoms with Crippen molar-refractivity contribution in [3.8, 4) is 5.75 Å². The standard InChI is InChI=1S/C14H14FN3OS/c1-9-12(18-5-6-20-14(18)17-9)8-16-10-3-4-11(15)13(7-10)19-2/h3-7,16H,8H2,1-2H3. The van der Waals surface area contributed by atoms with Gasteiger partial charge in [-0.25, -0.2) is 9.37 Å². The van der Waals surface area contributed by atoms with Crippen molar-refractivity contribution in [2.75, 3.05) is 12.4 Å². The minimum atomic E-state index is -0.362. The van der Waals surface area contributed by atoms with Crippen LogP contribution in [0.1, 0.15) is 11.4 Å². The third-order valence-corrected chi connectivity index (χ3v) is 3.93. The first kappa shape index (κ1) is 12.9. The number of benzene rings is 1. The zero-order valence-corrected chi connectivity index (χ0v) is 12.0. The van der Waals surface area contributed by atoms with Gasteiger partial charge in [-0.2, -0.15) is 0 Å². The van der Waals surface area contributed by atoms with E-state index in [4.69, 9.17) is 4.74 Å². The summed E-state index contributed by atoms with van der Waals surface area (Å²) in [5.41, 5.74) is 2.91. The lowest BCUT2D eigenvalue weighted by Crippen LogP contribution is -2.04. The summed E-state index contributed by atoms with van der Waals surface area (Å²) < 4.78 is 20.4. The minimum absolute atomic E-state index is 0.237. The second kappa shape index (κ2) is 5.13. The molecule has 0 saturated carbocycles. The predicted octanol–water partition coefficient (Wildman–Crippen LogP) is 3.46. The van der Waals surface area contributed by atoms with Crippen molar-refractivity contribution in [1.82, 2.24) is 9.38 Å². The number of imidazole rings is 1. The van der Waals surface area contributed by atoms with E-state index in [-0.39, 0.29) is 11.6 Å². The van der Waals surface area contributed by atoms with Crippen molar-refractivity contribution in [1.29, 1.82) is 0 Å². The average molecular weight is 291 g/mol. The summed E-state index contributed by atoms with van der Waals surface area (Å²) in [6.07, 6.45) is 2.00. The number of hydrogen-bond acceptors (Lipinski definition) is 4. The van der Waals surface area contributed by atoms with Gasteiger partial charge in [0.15, 0.2) is 16.5 Å². The molecular weight excluding hydrogens is 277 g/mol. The Labute approximate surface area is 119 Å².